The second kappa shape index (κ2) is 11.8. The number of hydrogen-bond donors (Lipinski definition) is 2. The van der Waals surface area contributed by atoms with Crippen LogP contribution >= 0.6 is 51.7 Å². The van der Waals surface area contributed by atoms with Gasteiger partial charge in [0.05, 0.1) is 18.2 Å². The van der Waals surface area contributed by atoms with Crippen molar-refractivity contribution in [2.24, 2.45) is 0 Å². The summed E-state index contributed by atoms with van der Waals surface area (Å²) in [7, 11) is -4.00. The molecule has 30 heavy (non-hydrogen) atoms. The van der Waals surface area contributed by atoms with Crippen molar-refractivity contribution in [3.63, 3.8) is 0 Å². The summed E-state index contributed by atoms with van der Waals surface area (Å²) in [5.74, 6) is -1.06. The first kappa shape index (κ1) is 25.6. The third kappa shape index (κ3) is 6.91. The van der Waals surface area contributed by atoms with Crippen LogP contribution in [-0.4, -0.2) is 37.8 Å². The zero-order chi connectivity index (χ0) is 22.3. The van der Waals surface area contributed by atoms with Crippen LogP contribution in [-0.2, 0) is 29.2 Å². The molecule has 0 radical (unpaired) electrons. The lowest BCUT2D eigenvalue weighted by Crippen LogP contribution is -2.46. The monoisotopic (exact) mass is 609 g/mol. The lowest BCUT2D eigenvalue weighted by Gasteiger charge is -2.32. The van der Waals surface area contributed by atoms with E-state index in [1.807, 2.05) is 22.0 Å². The molecular formula is C16H19Cl2IN3O6PS. The summed E-state index contributed by atoms with van der Waals surface area (Å²) in [5.41, 5.74) is 2.67. The molecule has 1 aromatic carbocycles. The van der Waals surface area contributed by atoms with Crippen LogP contribution in [0.2, 0.25) is 10.0 Å². The fourth-order valence-electron chi connectivity index (χ4n) is 2.64. The van der Waals surface area contributed by atoms with Gasteiger partial charge in [-0.3, -0.25) is 9.10 Å². The number of nitrogens with one attached hydrogen (secondary N) is 2. The van der Waals surface area contributed by atoms with Crippen LogP contribution in [0.5, 0.6) is 0 Å². The lowest BCUT2D eigenvalue weighted by molar-refractivity contribution is -0.139. The summed E-state index contributed by atoms with van der Waals surface area (Å²) in [6, 6.07) is 3.50. The molecule has 0 fully saturated rings. The maximum absolute atomic E-state index is 12.7. The van der Waals surface area contributed by atoms with Crippen molar-refractivity contribution in [1.82, 2.24) is 14.5 Å². The van der Waals surface area contributed by atoms with Crippen LogP contribution in [0.15, 0.2) is 30.0 Å². The molecule has 0 aromatic heterocycles. The molecule has 1 aliphatic rings. The molecule has 9 nitrogen and oxygen atoms in total. The van der Waals surface area contributed by atoms with E-state index < -0.39 is 22.2 Å². The molecule has 2 N–H and O–H groups in total. The van der Waals surface area contributed by atoms with Crippen molar-refractivity contribution >= 4 is 73.8 Å². The molecule has 0 saturated carbocycles. The van der Waals surface area contributed by atoms with Crippen molar-refractivity contribution in [3.8, 4) is 0 Å². The zero-order valence-electron chi connectivity index (χ0n) is 15.7. The first-order valence-electron chi connectivity index (χ1n) is 8.62. The molecule has 2 rings (SSSR count). The third-order valence-electron chi connectivity index (χ3n) is 3.94. The Bertz CT molecular complexity index is 934. The summed E-state index contributed by atoms with van der Waals surface area (Å²) in [4.78, 5) is 24.1. The third-order valence-corrected chi connectivity index (χ3v) is 6.78. The SMILES string of the molecule is CCOC(=O)C1=CN(CCCC(=O)NOPI)S(=O)(=O)NC1c1ccc(Cl)cc1Cl. The highest BCUT2D eigenvalue weighted by Crippen LogP contribution is 2.34. The van der Waals surface area contributed by atoms with Gasteiger partial charge in [0, 0.05) is 29.2 Å². The first-order chi connectivity index (χ1) is 14.2. The number of rotatable bonds is 9. The van der Waals surface area contributed by atoms with Crippen LogP contribution in [0.4, 0.5) is 0 Å². The molecule has 14 heteroatoms. The molecule has 2 unspecified atom stereocenters. The predicted octanol–water partition coefficient (Wildman–Crippen LogP) is 3.40. The predicted molar refractivity (Wildman–Crippen MR) is 123 cm³/mol. The minimum atomic E-state index is -4.00. The van der Waals surface area contributed by atoms with E-state index in [4.69, 9.17) is 32.6 Å². The zero-order valence-corrected chi connectivity index (χ0v) is 21.1. The van der Waals surface area contributed by atoms with Crippen LogP contribution in [0.25, 0.3) is 0 Å². The minimum absolute atomic E-state index is 0.0285. The van der Waals surface area contributed by atoms with Gasteiger partial charge in [0.25, 0.3) is 0 Å². The molecule has 1 aliphatic heterocycles. The average molecular weight is 610 g/mol. The Kier molecular flexibility index (Phi) is 10.1. The number of esters is 1. The minimum Gasteiger partial charge on any atom is -0.463 e. The van der Waals surface area contributed by atoms with Crippen LogP contribution in [0.1, 0.15) is 31.4 Å². The van der Waals surface area contributed by atoms with Gasteiger partial charge in [-0.1, -0.05) is 29.3 Å². The molecule has 0 bridgehead atoms. The molecule has 1 amide bonds. The van der Waals surface area contributed by atoms with Gasteiger partial charge in [-0.2, -0.15) is 13.1 Å². The maximum Gasteiger partial charge on any atom is 0.337 e. The van der Waals surface area contributed by atoms with Crippen molar-refractivity contribution < 1.29 is 27.4 Å². The largest absolute Gasteiger partial charge is 0.463 e. The number of carbonyl (C=O) groups excluding carboxylic acids is 2. The van der Waals surface area contributed by atoms with E-state index in [2.05, 4.69) is 10.2 Å². The van der Waals surface area contributed by atoms with Crippen molar-refractivity contribution in [2.75, 3.05) is 13.2 Å². The summed E-state index contributed by atoms with van der Waals surface area (Å²) in [6.45, 7) is 1.80. The smallest absolute Gasteiger partial charge is 0.337 e. The summed E-state index contributed by atoms with van der Waals surface area (Å²) >= 11 is 14.1. The highest BCUT2D eigenvalue weighted by molar-refractivity contribution is 14.2. The van der Waals surface area contributed by atoms with Gasteiger partial charge in [-0.15, -0.1) is 0 Å². The molecule has 0 saturated heterocycles. The van der Waals surface area contributed by atoms with Crippen molar-refractivity contribution in [1.29, 1.82) is 0 Å². The fourth-order valence-corrected chi connectivity index (χ4v) is 4.95. The van der Waals surface area contributed by atoms with Crippen molar-refractivity contribution in [3.05, 3.63) is 45.6 Å². The fraction of sp³-hybridized carbons (Fsp3) is 0.375. The summed E-state index contributed by atoms with van der Waals surface area (Å²) < 4.78 is 38.8. The van der Waals surface area contributed by atoms with Gasteiger partial charge in [-0.25, -0.2) is 14.9 Å². The average Bonchev–Trinajstić information content (AvgIpc) is 2.67. The molecule has 0 aliphatic carbocycles. The van der Waals surface area contributed by atoms with E-state index in [0.29, 0.717) is 10.6 Å². The summed E-state index contributed by atoms with van der Waals surface area (Å²) in [6.07, 6.45) is 1.46. The quantitative estimate of drug-likeness (QED) is 0.192. The number of amides is 1. The number of ether oxygens (including phenoxy) is 1. The van der Waals surface area contributed by atoms with Crippen LogP contribution < -0.4 is 10.2 Å². The number of benzene rings is 1. The Balaban J connectivity index is 2.28. The van der Waals surface area contributed by atoms with Gasteiger partial charge in [0.1, 0.15) is 6.45 Å². The molecule has 2 atom stereocenters. The Hall–Kier alpha value is -0.690. The van der Waals surface area contributed by atoms with E-state index >= 15 is 0 Å². The van der Waals surface area contributed by atoms with E-state index in [-0.39, 0.29) is 48.9 Å². The van der Waals surface area contributed by atoms with Gasteiger partial charge < -0.3 is 4.74 Å². The Labute approximate surface area is 199 Å². The number of hydrogen-bond acceptors (Lipinski definition) is 6. The second-order valence-corrected chi connectivity index (χ2v) is 10.1. The molecular weight excluding hydrogens is 591 g/mol. The molecule has 1 heterocycles. The van der Waals surface area contributed by atoms with E-state index in [1.165, 1.54) is 12.3 Å². The number of hydroxylamine groups is 1. The highest BCUT2D eigenvalue weighted by Gasteiger charge is 2.37. The first-order valence-corrected chi connectivity index (χ1v) is 14.8. The number of nitrogens with zero attached hydrogens (tertiary/aromatic N) is 1. The molecule has 166 valence electrons. The lowest BCUT2D eigenvalue weighted by atomic mass is 10.00. The van der Waals surface area contributed by atoms with Crippen molar-refractivity contribution in [2.45, 2.75) is 25.8 Å². The number of halogens is 3. The van der Waals surface area contributed by atoms with Crippen LogP contribution in [0, 0.1) is 0 Å². The topological polar surface area (TPSA) is 114 Å². The maximum atomic E-state index is 12.7. The molecule has 0 spiro atoms. The van der Waals surface area contributed by atoms with Gasteiger partial charge in [0.2, 0.25) is 5.91 Å². The highest BCUT2D eigenvalue weighted by atomic mass is 127. The van der Waals surface area contributed by atoms with E-state index in [1.54, 1.807) is 19.1 Å². The van der Waals surface area contributed by atoms with E-state index in [9.17, 15) is 18.0 Å². The summed E-state index contributed by atoms with van der Waals surface area (Å²) in [5, 5.41) is 0.572. The van der Waals surface area contributed by atoms with Crippen LogP contribution in [0.3, 0.4) is 0 Å². The van der Waals surface area contributed by atoms with Gasteiger partial charge in [-0.05, 0) is 53.1 Å². The number of carbonyl (C=O) groups is 2. The second-order valence-electron chi connectivity index (χ2n) is 5.95. The normalized spacial score (nSPS) is 18.3. The Morgan fingerprint density at radius 3 is 2.73 bits per heavy atom. The Morgan fingerprint density at radius 1 is 1.37 bits per heavy atom. The molecule has 1 aromatic rings. The Morgan fingerprint density at radius 2 is 2.10 bits per heavy atom. The van der Waals surface area contributed by atoms with Gasteiger partial charge in [0.15, 0.2) is 0 Å². The van der Waals surface area contributed by atoms with E-state index in [0.717, 1.165) is 4.31 Å². The van der Waals surface area contributed by atoms with Gasteiger partial charge >= 0.3 is 16.2 Å². The standard InChI is InChI=1S/C16H19Cl2IN3O6PS/c1-2-27-16(24)12-9-22(7-3-4-14(23)20-28-29-19)30(25,26)21-15(12)11-6-5-10(17)8-13(11)18/h5-6,8-9,15,21,29H,2-4,7H2,1H3,(H,20,23).